The van der Waals surface area contributed by atoms with Crippen LogP contribution in [0.15, 0.2) is 24.3 Å². The number of non-ortho nitro benzene ring substituents is 1. The number of rotatable bonds is 3. The number of carbonyl (C=O) groups is 1. The van der Waals surface area contributed by atoms with Gasteiger partial charge in [-0.25, -0.2) is 4.79 Å². The maximum absolute atomic E-state index is 11.0. The SMILES string of the molecule is Cc1[nH]nc(C(=O)O)c1-c1cccc([N+](=O)[O-])c1. The smallest absolute Gasteiger partial charge is 0.357 e. The topological polar surface area (TPSA) is 109 Å². The minimum atomic E-state index is -1.18. The summed E-state index contributed by atoms with van der Waals surface area (Å²) in [7, 11) is 0. The molecule has 0 spiro atoms. The number of hydrogen-bond acceptors (Lipinski definition) is 4. The van der Waals surface area contributed by atoms with Crippen LogP contribution in [-0.4, -0.2) is 26.2 Å². The molecule has 2 N–H and O–H groups in total. The largest absolute Gasteiger partial charge is 0.476 e. The third kappa shape index (κ3) is 1.93. The van der Waals surface area contributed by atoms with Gasteiger partial charge in [-0.15, -0.1) is 0 Å². The predicted octanol–water partition coefficient (Wildman–Crippen LogP) is 1.99. The number of aryl methyl sites for hydroxylation is 1. The van der Waals surface area contributed by atoms with Crippen molar-refractivity contribution in [2.75, 3.05) is 0 Å². The van der Waals surface area contributed by atoms with Gasteiger partial charge in [0, 0.05) is 23.4 Å². The van der Waals surface area contributed by atoms with E-state index in [0.29, 0.717) is 16.8 Å². The summed E-state index contributed by atoms with van der Waals surface area (Å²) in [5.74, 6) is -1.18. The van der Waals surface area contributed by atoms with Crippen molar-refractivity contribution in [2.45, 2.75) is 6.92 Å². The minimum Gasteiger partial charge on any atom is -0.476 e. The molecule has 0 saturated carbocycles. The molecule has 0 saturated heterocycles. The summed E-state index contributed by atoms with van der Waals surface area (Å²) in [6, 6.07) is 5.78. The number of H-pyrrole nitrogens is 1. The lowest BCUT2D eigenvalue weighted by Crippen LogP contribution is -1.99. The standard InChI is InChI=1S/C11H9N3O4/c1-6-9(10(11(15)16)13-12-6)7-3-2-4-8(5-7)14(17)18/h2-5H,1H3,(H,12,13)(H,15,16). The van der Waals surface area contributed by atoms with E-state index in [9.17, 15) is 14.9 Å². The van der Waals surface area contributed by atoms with Crippen LogP contribution >= 0.6 is 0 Å². The van der Waals surface area contributed by atoms with E-state index in [1.54, 1.807) is 13.0 Å². The molecular formula is C11H9N3O4. The van der Waals surface area contributed by atoms with Gasteiger partial charge >= 0.3 is 5.97 Å². The van der Waals surface area contributed by atoms with Gasteiger partial charge in [0.15, 0.2) is 5.69 Å². The first-order valence-corrected chi connectivity index (χ1v) is 5.04. The van der Waals surface area contributed by atoms with E-state index in [1.807, 2.05) is 0 Å². The maximum Gasteiger partial charge on any atom is 0.357 e. The second-order valence-corrected chi connectivity index (χ2v) is 3.68. The molecule has 18 heavy (non-hydrogen) atoms. The molecule has 0 unspecified atom stereocenters. The summed E-state index contributed by atoms with van der Waals surface area (Å²) in [6.07, 6.45) is 0. The first kappa shape index (κ1) is 11.8. The number of carboxylic acid groups (broad SMARTS) is 1. The molecule has 1 heterocycles. The number of hydrogen-bond donors (Lipinski definition) is 2. The van der Waals surface area contributed by atoms with Gasteiger partial charge in [-0.2, -0.15) is 5.10 Å². The number of aromatic carboxylic acids is 1. The lowest BCUT2D eigenvalue weighted by Gasteiger charge is -2.01. The second-order valence-electron chi connectivity index (χ2n) is 3.68. The molecule has 7 nitrogen and oxygen atoms in total. The molecule has 0 fully saturated rings. The molecule has 2 aromatic rings. The lowest BCUT2D eigenvalue weighted by molar-refractivity contribution is -0.384. The highest BCUT2D eigenvalue weighted by Gasteiger charge is 2.19. The summed E-state index contributed by atoms with van der Waals surface area (Å²) in [5.41, 5.74) is 1.13. The van der Waals surface area contributed by atoms with Crippen LogP contribution in [0.5, 0.6) is 0 Å². The van der Waals surface area contributed by atoms with E-state index >= 15 is 0 Å². The molecule has 0 atom stereocenters. The molecule has 0 aliphatic carbocycles. The van der Waals surface area contributed by atoms with Crippen LogP contribution in [0.1, 0.15) is 16.2 Å². The van der Waals surface area contributed by atoms with Crippen molar-refractivity contribution in [1.82, 2.24) is 10.2 Å². The minimum absolute atomic E-state index is 0.0931. The molecule has 7 heteroatoms. The van der Waals surface area contributed by atoms with Crippen molar-refractivity contribution < 1.29 is 14.8 Å². The Morgan fingerprint density at radius 1 is 1.50 bits per heavy atom. The van der Waals surface area contributed by atoms with E-state index in [0.717, 1.165) is 0 Å². The van der Waals surface area contributed by atoms with E-state index in [4.69, 9.17) is 5.11 Å². The van der Waals surface area contributed by atoms with Gasteiger partial charge in [-0.05, 0) is 12.5 Å². The Morgan fingerprint density at radius 2 is 2.22 bits per heavy atom. The van der Waals surface area contributed by atoms with Crippen LogP contribution in [0.2, 0.25) is 0 Å². The molecule has 1 aromatic heterocycles. The lowest BCUT2D eigenvalue weighted by atomic mass is 10.0. The Bertz CT molecular complexity index is 633. The zero-order valence-corrected chi connectivity index (χ0v) is 9.38. The first-order valence-electron chi connectivity index (χ1n) is 5.04. The number of nitrogens with one attached hydrogen (secondary N) is 1. The van der Waals surface area contributed by atoms with Crippen molar-refractivity contribution in [1.29, 1.82) is 0 Å². The Labute approximate surface area is 101 Å². The van der Waals surface area contributed by atoms with Crippen LogP contribution in [-0.2, 0) is 0 Å². The average molecular weight is 247 g/mol. The Kier molecular flexibility index (Phi) is 2.80. The van der Waals surface area contributed by atoms with Crippen LogP contribution in [0, 0.1) is 17.0 Å². The number of nitrogens with zero attached hydrogens (tertiary/aromatic N) is 2. The third-order valence-corrected chi connectivity index (χ3v) is 2.50. The molecular weight excluding hydrogens is 238 g/mol. The fourth-order valence-electron chi connectivity index (χ4n) is 1.71. The summed E-state index contributed by atoms with van der Waals surface area (Å²) < 4.78 is 0. The van der Waals surface area contributed by atoms with Gasteiger partial charge in [0.2, 0.25) is 0 Å². The Hall–Kier alpha value is -2.70. The molecule has 0 radical (unpaired) electrons. The van der Waals surface area contributed by atoms with E-state index in [1.165, 1.54) is 18.2 Å². The van der Waals surface area contributed by atoms with Crippen LogP contribution in [0.3, 0.4) is 0 Å². The quantitative estimate of drug-likeness (QED) is 0.636. The monoisotopic (exact) mass is 247 g/mol. The summed E-state index contributed by atoms with van der Waals surface area (Å²) in [6.45, 7) is 1.66. The number of benzene rings is 1. The highest BCUT2D eigenvalue weighted by atomic mass is 16.6. The van der Waals surface area contributed by atoms with Gasteiger partial charge in [0.1, 0.15) is 0 Å². The number of nitro groups is 1. The van der Waals surface area contributed by atoms with Crippen molar-refractivity contribution in [3.8, 4) is 11.1 Å². The van der Waals surface area contributed by atoms with Crippen molar-refractivity contribution in [2.24, 2.45) is 0 Å². The van der Waals surface area contributed by atoms with Gasteiger partial charge in [-0.1, -0.05) is 12.1 Å². The highest BCUT2D eigenvalue weighted by molar-refractivity contribution is 5.94. The fraction of sp³-hybridized carbons (Fsp3) is 0.0909. The van der Waals surface area contributed by atoms with E-state index in [2.05, 4.69) is 10.2 Å². The van der Waals surface area contributed by atoms with Crippen LogP contribution < -0.4 is 0 Å². The number of aromatic nitrogens is 2. The summed E-state index contributed by atoms with van der Waals surface area (Å²) in [4.78, 5) is 21.2. The molecule has 2 rings (SSSR count). The predicted molar refractivity (Wildman–Crippen MR) is 62.4 cm³/mol. The van der Waals surface area contributed by atoms with E-state index < -0.39 is 10.9 Å². The van der Waals surface area contributed by atoms with Crippen LogP contribution in [0.25, 0.3) is 11.1 Å². The van der Waals surface area contributed by atoms with Gasteiger partial charge in [0.05, 0.1) is 4.92 Å². The van der Waals surface area contributed by atoms with Crippen molar-refractivity contribution >= 4 is 11.7 Å². The molecule has 0 bridgehead atoms. The highest BCUT2D eigenvalue weighted by Crippen LogP contribution is 2.28. The Morgan fingerprint density at radius 3 is 2.83 bits per heavy atom. The summed E-state index contributed by atoms with van der Waals surface area (Å²) >= 11 is 0. The first-order chi connectivity index (χ1) is 8.50. The zero-order chi connectivity index (χ0) is 13.3. The molecule has 0 aliphatic rings. The fourth-order valence-corrected chi connectivity index (χ4v) is 1.71. The van der Waals surface area contributed by atoms with Gasteiger partial charge in [-0.3, -0.25) is 15.2 Å². The molecule has 92 valence electrons. The third-order valence-electron chi connectivity index (χ3n) is 2.50. The second kappa shape index (κ2) is 4.28. The van der Waals surface area contributed by atoms with Crippen LogP contribution in [0.4, 0.5) is 5.69 Å². The molecule has 0 amide bonds. The normalized spacial score (nSPS) is 10.3. The van der Waals surface area contributed by atoms with Gasteiger partial charge < -0.3 is 5.11 Å². The van der Waals surface area contributed by atoms with E-state index in [-0.39, 0.29) is 11.4 Å². The number of nitro benzene ring substituents is 1. The molecule has 0 aliphatic heterocycles. The maximum atomic E-state index is 11.0. The average Bonchev–Trinajstić information content (AvgIpc) is 2.71. The molecule has 1 aromatic carbocycles. The van der Waals surface area contributed by atoms with Gasteiger partial charge in [0.25, 0.3) is 5.69 Å². The Balaban J connectivity index is 2.61. The van der Waals surface area contributed by atoms with Crippen molar-refractivity contribution in [3.63, 3.8) is 0 Å². The summed E-state index contributed by atoms with van der Waals surface area (Å²) in [5, 5.41) is 25.9. The number of carboxylic acids is 1. The zero-order valence-electron chi connectivity index (χ0n) is 9.38. The number of aromatic amines is 1. The van der Waals surface area contributed by atoms with Crippen molar-refractivity contribution in [3.05, 3.63) is 45.8 Å².